The lowest BCUT2D eigenvalue weighted by Gasteiger charge is -2.61. The molecule has 0 aliphatic heterocycles. The number of aromatic nitrogens is 2. The first kappa shape index (κ1) is 15.9. The minimum Gasteiger partial charge on any atom is -0.378 e. The van der Waals surface area contributed by atoms with E-state index in [2.05, 4.69) is 50.1 Å². The number of nitrogens with one attached hydrogen (secondary N) is 1. The van der Waals surface area contributed by atoms with Crippen LogP contribution in [0.15, 0.2) is 4.52 Å². The van der Waals surface area contributed by atoms with Crippen LogP contribution in [-0.2, 0) is 10.2 Å². The molecule has 1 aromatic rings. The topological polar surface area (TPSA) is 60.2 Å². The number of nitrogens with zero attached hydrogens (tertiary/aromatic N) is 2. The summed E-state index contributed by atoms with van der Waals surface area (Å²) in [6.07, 6.45) is 5.41. The summed E-state index contributed by atoms with van der Waals surface area (Å²) in [5.41, 5.74) is 0.282. The maximum absolute atomic E-state index is 5.91. The zero-order chi connectivity index (χ0) is 16.0. The van der Waals surface area contributed by atoms with Crippen LogP contribution in [0.1, 0.15) is 78.1 Å². The van der Waals surface area contributed by atoms with Gasteiger partial charge in [0.25, 0.3) is 0 Å². The predicted molar refractivity (Wildman–Crippen MR) is 84.7 cm³/mol. The quantitative estimate of drug-likeness (QED) is 0.904. The highest BCUT2D eigenvalue weighted by atomic mass is 16.5. The van der Waals surface area contributed by atoms with Gasteiger partial charge >= 0.3 is 0 Å². The molecule has 1 aromatic heterocycles. The van der Waals surface area contributed by atoms with E-state index >= 15 is 0 Å². The van der Waals surface area contributed by atoms with Gasteiger partial charge in [0.15, 0.2) is 5.82 Å². The van der Waals surface area contributed by atoms with Gasteiger partial charge in [-0.15, -0.1) is 0 Å². The van der Waals surface area contributed by atoms with Crippen molar-refractivity contribution in [1.82, 2.24) is 15.5 Å². The summed E-state index contributed by atoms with van der Waals surface area (Å²) in [5.74, 6) is 1.47. The van der Waals surface area contributed by atoms with Gasteiger partial charge in [-0.2, -0.15) is 4.98 Å². The number of rotatable bonds is 5. The average Bonchev–Trinajstić information content (AvgIpc) is 2.84. The molecule has 1 N–H and O–H groups in total. The van der Waals surface area contributed by atoms with Crippen molar-refractivity contribution in [1.29, 1.82) is 0 Å². The van der Waals surface area contributed by atoms with Gasteiger partial charge in [0.1, 0.15) is 0 Å². The minimum atomic E-state index is -0.0762. The molecule has 0 bridgehead atoms. The first-order valence-electron chi connectivity index (χ1n) is 8.58. The minimum absolute atomic E-state index is 0.0762. The summed E-state index contributed by atoms with van der Waals surface area (Å²) in [4.78, 5) is 4.57. The van der Waals surface area contributed by atoms with Gasteiger partial charge in [-0.25, -0.2) is 0 Å². The van der Waals surface area contributed by atoms with Crippen molar-refractivity contribution in [3.05, 3.63) is 11.7 Å². The summed E-state index contributed by atoms with van der Waals surface area (Å²) >= 11 is 0. The van der Waals surface area contributed by atoms with Crippen LogP contribution in [0.3, 0.4) is 0 Å². The molecule has 0 aromatic carbocycles. The van der Waals surface area contributed by atoms with E-state index in [1.54, 1.807) is 0 Å². The zero-order valence-corrected chi connectivity index (χ0v) is 14.5. The molecule has 5 nitrogen and oxygen atoms in total. The maximum Gasteiger partial charge on any atom is 0.243 e. The molecule has 2 saturated carbocycles. The van der Waals surface area contributed by atoms with Crippen molar-refractivity contribution < 1.29 is 9.26 Å². The second-order valence-corrected chi connectivity index (χ2v) is 7.91. The molecular formula is C17H29N3O2. The number of ether oxygens (including phenoxy) is 1. The summed E-state index contributed by atoms with van der Waals surface area (Å²) < 4.78 is 11.4. The molecular weight excluding hydrogens is 278 g/mol. The van der Waals surface area contributed by atoms with Crippen molar-refractivity contribution >= 4 is 0 Å². The molecule has 2 aliphatic carbocycles. The predicted octanol–water partition coefficient (Wildman–Crippen LogP) is 3.37. The molecule has 1 spiro atoms. The normalized spacial score (nSPS) is 28.2. The van der Waals surface area contributed by atoms with Crippen LogP contribution in [-0.4, -0.2) is 28.9 Å². The monoisotopic (exact) mass is 307 g/mol. The van der Waals surface area contributed by atoms with E-state index in [4.69, 9.17) is 9.26 Å². The zero-order valence-electron chi connectivity index (χ0n) is 14.5. The highest BCUT2D eigenvalue weighted by Gasteiger charge is 2.59. The average molecular weight is 307 g/mol. The highest BCUT2D eigenvalue weighted by molar-refractivity contribution is 5.13. The molecule has 3 rings (SSSR count). The molecule has 124 valence electrons. The molecule has 0 radical (unpaired) electrons. The SMILES string of the molecule is CCO[C@@H]1C[C@H](N[C@H](C)c2nc(C(C)(C)C)no2)C12CCC2. The fourth-order valence-corrected chi connectivity index (χ4v) is 3.76. The molecule has 22 heavy (non-hydrogen) atoms. The van der Waals surface area contributed by atoms with E-state index in [1.165, 1.54) is 19.3 Å². The first-order chi connectivity index (χ1) is 10.4. The Balaban J connectivity index is 1.63. The third kappa shape index (κ3) is 2.58. The van der Waals surface area contributed by atoms with Gasteiger partial charge in [-0.1, -0.05) is 32.3 Å². The van der Waals surface area contributed by atoms with Crippen LogP contribution in [0.25, 0.3) is 0 Å². The van der Waals surface area contributed by atoms with Crippen LogP contribution < -0.4 is 5.32 Å². The molecule has 2 aliphatic rings. The smallest absolute Gasteiger partial charge is 0.243 e. The Kier molecular flexibility index (Phi) is 4.06. The molecule has 0 unspecified atom stereocenters. The Bertz CT molecular complexity index is 516. The van der Waals surface area contributed by atoms with Gasteiger partial charge in [0, 0.05) is 23.5 Å². The van der Waals surface area contributed by atoms with Gasteiger partial charge < -0.3 is 14.6 Å². The van der Waals surface area contributed by atoms with Crippen molar-refractivity contribution in [2.24, 2.45) is 5.41 Å². The Morgan fingerprint density at radius 1 is 1.41 bits per heavy atom. The van der Waals surface area contributed by atoms with Crippen molar-refractivity contribution in [3.8, 4) is 0 Å². The molecule has 2 fully saturated rings. The molecule has 1 heterocycles. The highest BCUT2D eigenvalue weighted by Crippen LogP contribution is 2.57. The van der Waals surface area contributed by atoms with Crippen molar-refractivity contribution in [2.45, 2.75) is 83.9 Å². The van der Waals surface area contributed by atoms with Crippen LogP contribution in [0.5, 0.6) is 0 Å². The first-order valence-corrected chi connectivity index (χ1v) is 8.58. The van der Waals surface area contributed by atoms with E-state index in [9.17, 15) is 0 Å². The fraction of sp³-hybridized carbons (Fsp3) is 0.882. The van der Waals surface area contributed by atoms with Crippen LogP contribution in [0.4, 0.5) is 0 Å². The number of hydrogen-bond donors (Lipinski definition) is 1. The third-order valence-corrected chi connectivity index (χ3v) is 5.37. The Labute approximate surface area is 133 Å². The summed E-state index contributed by atoms with van der Waals surface area (Å²) in [6.45, 7) is 11.3. The lowest BCUT2D eigenvalue weighted by molar-refractivity contribution is -0.175. The van der Waals surface area contributed by atoms with E-state index < -0.39 is 0 Å². The molecule has 0 amide bonds. The van der Waals surface area contributed by atoms with E-state index in [1.807, 2.05) is 0 Å². The summed E-state index contributed by atoms with van der Waals surface area (Å²) in [7, 11) is 0. The summed E-state index contributed by atoms with van der Waals surface area (Å²) in [5, 5.41) is 7.83. The summed E-state index contributed by atoms with van der Waals surface area (Å²) in [6, 6.07) is 0.603. The third-order valence-electron chi connectivity index (χ3n) is 5.37. The molecule has 0 saturated heterocycles. The standard InChI is InChI=1S/C17H29N3O2/c1-6-21-13-10-12(17(13)8-7-9-17)18-11(2)14-19-15(20-22-14)16(3,4)5/h11-13,18H,6-10H2,1-5H3/t11-,12+,13-/m1/s1. The van der Waals surface area contributed by atoms with Crippen LogP contribution in [0.2, 0.25) is 0 Å². The Hall–Kier alpha value is -0.940. The van der Waals surface area contributed by atoms with Gasteiger partial charge in [0.2, 0.25) is 5.89 Å². The van der Waals surface area contributed by atoms with E-state index in [0.29, 0.717) is 23.5 Å². The Morgan fingerprint density at radius 3 is 2.64 bits per heavy atom. The Morgan fingerprint density at radius 2 is 2.14 bits per heavy atom. The molecule has 3 atom stereocenters. The van der Waals surface area contributed by atoms with Gasteiger partial charge in [-0.05, 0) is 33.1 Å². The van der Waals surface area contributed by atoms with E-state index in [0.717, 1.165) is 18.9 Å². The number of hydrogen-bond acceptors (Lipinski definition) is 5. The second kappa shape index (κ2) is 5.60. The van der Waals surface area contributed by atoms with Crippen LogP contribution in [0, 0.1) is 5.41 Å². The lowest BCUT2D eigenvalue weighted by Crippen LogP contribution is -2.67. The lowest BCUT2D eigenvalue weighted by atomic mass is 9.51. The second-order valence-electron chi connectivity index (χ2n) is 7.91. The largest absolute Gasteiger partial charge is 0.378 e. The van der Waals surface area contributed by atoms with Crippen molar-refractivity contribution in [3.63, 3.8) is 0 Å². The van der Waals surface area contributed by atoms with Crippen molar-refractivity contribution in [2.75, 3.05) is 6.61 Å². The van der Waals surface area contributed by atoms with Crippen LogP contribution >= 0.6 is 0 Å². The van der Waals surface area contributed by atoms with Gasteiger partial charge in [0.05, 0.1) is 12.1 Å². The molecule has 5 heteroatoms. The van der Waals surface area contributed by atoms with Gasteiger partial charge in [-0.3, -0.25) is 0 Å². The fourth-order valence-electron chi connectivity index (χ4n) is 3.76. The maximum atomic E-state index is 5.91. The van der Waals surface area contributed by atoms with E-state index in [-0.39, 0.29) is 11.5 Å².